The maximum absolute atomic E-state index is 12.6. The summed E-state index contributed by atoms with van der Waals surface area (Å²) in [5.74, 6) is -1.42. The van der Waals surface area contributed by atoms with E-state index in [1.54, 1.807) is 0 Å². The van der Waals surface area contributed by atoms with Crippen LogP contribution < -0.4 is 10.6 Å². The second-order valence-electron chi connectivity index (χ2n) is 12.6. The molecule has 4 saturated heterocycles. The van der Waals surface area contributed by atoms with Crippen LogP contribution in [-0.4, -0.2) is 211 Å². The van der Waals surface area contributed by atoms with E-state index >= 15 is 0 Å². The molecule has 4 fully saturated rings. The maximum Gasteiger partial charge on any atom is 0.217 e. The molecule has 4 heterocycles. The summed E-state index contributed by atoms with van der Waals surface area (Å²) in [4.78, 5) is 24.4. The fraction of sp³-hybridized carbons (Fsp3) is 0.929. The Hall–Kier alpha value is -1.78. The molecular formula is C28H48N2O20. The Kier molecular flexibility index (Phi) is 14.2. The van der Waals surface area contributed by atoms with E-state index in [0.29, 0.717) is 0 Å². The number of ether oxygens (including phenoxy) is 7. The Labute approximate surface area is 285 Å². The zero-order valence-corrected chi connectivity index (χ0v) is 27.3. The van der Waals surface area contributed by atoms with Crippen molar-refractivity contribution in [2.45, 2.75) is 143 Å². The topological polar surface area (TPSA) is 345 Å². The van der Waals surface area contributed by atoms with Crippen molar-refractivity contribution < 1.29 is 98.9 Å². The van der Waals surface area contributed by atoms with Gasteiger partial charge < -0.3 is 100.0 Å². The van der Waals surface area contributed by atoms with Crippen LogP contribution in [0.5, 0.6) is 0 Å². The van der Waals surface area contributed by atoms with Gasteiger partial charge in [-0.25, -0.2) is 0 Å². The zero-order chi connectivity index (χ0) is 37.2. The van der Waals surface area contributed by atoms with Gasteiger partial charge in [0.15, 0.2) is 25.2 Å². The number of amides is 2. The lowest BCUT2D eigenvalue weighted by Crippen LogP contribution is -2.71. The summed E-state index contributed by atoms with van der Waals surface area (Å²) in [6, 6.07) is -3.08. The van der Waals surface area contributed by atoms with Crippen molar-refractivity contribution in [3.63, 3.8) is 0 Å². The Bertz CT molecular complexity index is 1120. The van der Waals surface area contributed by atoms with Gasteiger partial charge in [0.25, 0.3) is 0 Å². The highest BCUT2D eigenvalue weighted by molar-refractivity contribution is 5.73. The number of rotatable bonds is 11. The molecule has 22 nitrogen and oxygen atoms in total. The molecule has 22 heteroatoms. The molecule has 20 atom stereocenters. The molecule has 290 valence electrons. The predicted molar refractivity (Wildman–Crippen MR) is 156 cm³/mol. The van der Waals surface area contributed by atoms with Crippen LogP contribution in [0.25, 0.3) is 0 Å². The Morgan fingerprint density at radius 1 is 0.520 bits per heavy atom. The predicted octanol–water partition coefficient (Wildman–Crippen LogP) is -8.43. The SMILES string of the molecule is CC(=O)N[C@H]1[C@H](O[C@H]2[C@H](O)[C@@H](NC(C)=O)C(O)O[C@@H]2CO)O[C@H](CO)[C@@H](O[C@@H]2O[C@H](CO)[C@H](O)[C@H](O)[C@H]2O)[C@@H]1O[C@@H]1O[C@@H](C)[C@@H](O)[C@@H](O)[C@@H]1O. The first-order valence-electron chi connectivity index (χ1n) is 15.9. The van der Waals surface area contributed by atoms with Crippen LogP contribution in [0.15, 0.2) is 0 Å². The van der Waals surface area contributed by atoms with Crippen molar-refractivity contribution in [2.24, 2.45) is 0 Å². The summed E-state index contributed by atoms with van der Waals surface area (Å²) in [5.41, 5.74) is 0. The summed E-state index contributed by atoms with van der Waals surface area (Å²) in [6.07, 6.45) is -30.5. The molecular weight excluding hydrogens is 684 g/mol. The minimum atomic E-state index is -1.97. The van der Waals surface area contributed by atoms with Crippen molar-refractivity contribution in [1.82, 2.24) is 10.6 Å². The fourth-order valence-corrected chi connectivity index (χ4v) is 6.29. The molecule has 0 spiro atoms. The summed E-state index contributed by atoms with van der Waals surface area (Å²) in [6.45, 7) is 0.940. The molecule has 13 N–H and O–H groups in total. The molecule has 0 aromatic rings. The average molecular weight is 733 g/mol. The van der Waals surface area contributed by atoms with E-state index in [9.17, 15) is 65.8 Å². The first-order chi connectivity index (χ1) is 23.5. The summed E-state index contributed by atoms with van der Waals surface area (Å²) >= 11 is 0. The summed E-state index contributed by atoms with van der Waals surface area (Å²) < 4.78 is 40.4. The standard InChI is InChI=1S/C28H48N2O20/c1-7-15(36)18(39)20(41)27(44-7)50-24-14(30-9(3)35)26(48-22-11(5-32)45-25(43)13(17(22)38)29-8(2)34)47-12(6-33)23(24)49-28-21(42)19(40)16(37)10(4-31)46-28/h7,10-28,31-33,36-43H,4-6H2,1-3H3,(H,29,34)(H,30,35)/t7-,10+,11+,12+,13+,14+,15+,16-,17+,18+,19-,20-,21+,22+,23+,24+,25?,26-,27-,28-/m0/s1. The largest absolute Gasteiger partial charge is 0.394 e. The first-order valence-corrected chi connectivity index (χ1v) is 15.9. The Balaban J connectivity index is 1.74. The van der Waals surface area contributed by atoms with Gasteiger partial charge in [-0.05, 0) is 6.92 Å². The van der Waals surface area contributed by atoms with Gasteiger partial charge in [0.1, 0.15) is 91.4 Å². The monoisotopic (exact) mass is 732 g/mol. The minimum Gasteiger partial charge on any atom is -0.394 e. The van der Waals surface area contributed by atoms with Gasteiger partial charge >= 0.3 is 0 Å². The van der Waals surface area contributed by atoms with Gasteiger partial charge in [0.2, 0.25) is 11.8 Å². The number of hydrogen-bond donors (Lipinski definition) is 13. The van der Waals surface area contributed by atoms with Crippen LogP contribution in [0.3, 0.4) is 0 Å². The maximum atomic E-state index is 12.6. The van der Waals surface area contributed by atoms with E-state index in [2.05, 4.69) is 10.6 Å². The van der Waals surface area contributed by atoms with Crippen molar-refractivity contribution in [2.75, 3.05) is 19.8 Å². The van der Waals surface area contributed by atoms with Gasteiger partial charge in [-0.1, -0.05) is 0 Å². The number of hydrogen-bond acceptors (Lipinski definition) is 20. The molecule has 0 aromatic carbocycles. The average Bonchev–Trinajstić information content (AvgIpc) is 3.07. The molecule has 4 aliphatic heterocycles. The number of aliphatic hydroxyl groups is 11. The highest BCUT2D eigenvalue weighted by atomic mass is 16.8. The van der Waals surface area contributed by atoms with Crippen LogP contribution in [0.1, 0.15) is 20.8 Å². The summed E-state index contributed by atoms with van der Waals surface area (Å²) in [7, 11) is 0. The molecule has 0 saturated carbocycles. The van der Waals surface area contributed by atoms with E-state index in [1.807, 2.05) is 0 Å². The molecule has 1 unspecified atom stereocenters. The van der Waals surface area contributed by atoms with Crippen molar-refractivity contribution in [1.29, 1.82) is 0 Å². The lowest BCUT2D eigenvalue weighted by molar-refractivity contribution is -0.382. The third kappa shape index (κ3) is 8.70. The first kappa shape index (κ1) is 41.0. The molecule has 0 aromatic heterocycles. The number of carbonyl (C=O) groups excluding carboxylic acids is 2. The van der Waals surface area contributed by atoms with Gasteiger partial charge in [0.05, 0.1) is 25.9 Å². The van der Waals surface area contributed by atoms with Crippen molar-refractivity contribution >= 4 is 11.8 Å². The van der Waals surface area contributed by atoms with Crippen LogP contribution >= 0.6 is 0 Å². The van der Waals surface area contributed by atoms with Crippen molar-refractivity contribution in [3.05, 3.63) is 0 Å². The van der Waals surface area contributed by atoms with Gasteiger partial charge in [0, 0.05) is 13.8 Å². The van der Waals surface area contributed by atoms with Gasteiger partial charge in [-0.3, -0.25) is 9.59 Å². The molecule has 4 aliphatic rings. The van der Waals surface area contributed by atoms with E-state index in [4.69, 9.17) is 33.2 Å². The zero-order valence-electron chi connectivity index (χ0n) is 27.3. The molecule has 4 rings (SSSR count). The number of aliphatic hydroxyl groups excluding tert-OH is 11. The quantitative estimate of drug-likeness (QED) is 0.0938. The fourth-order valence-electron chi connectivity index (χ4n) is 6.29. The van der Waals surface area contributed by atoms with E-state index in [-0.39, 0.29) is 0 Å². The molecule has 2 amide bonds. The van der Waals surface area contributed by atoms with E-state index in [0.717, 1.165) is 13.8 Å². The van der Waals surface area contributed by atoms with E-state index < -0.39 is 154 Å². The van der Waals surface area contributed by atoms with Crippen LogP contribution in [0.2, 0.25) is 0 Å². The Morgan fingerprint density at radius 2 is 0.980 bits per heavy atom. The lowest BCUT2D eigenvalue weighted by Gasteiger charge is -2.51. The minimum absolute atomic E-state index is 0.669. The second-order valence-corrected chi connectivity index (χ2v) is 12.6. The highest BCUT2D eigenvalue weighted by Crippen LogP contribution is 2.35. The third-order valence-corrected chi connectivity index (χ3v) is 8.97. The van der Waals surface area contributed by atoms with E-state index in [1.165, 1.54) is 6.92 Å². The molecule has 50 heavy (non-hydrogen) atoms. The lowest BCUT2D eigenvalue weighted by atomic mass is 9.93. The normalized spacial score (nSPS) is 48.5. The Morgan fingerprint density at radius 3 is 1.54 bits per heavy atom. The second kappa shape index (κ2) is 17.4. The third-order valence-electron chi connectivity index (χ3n) is 8.97. The van der Waals surface area contributed by atoms with Crippen molar-refractivity contribution in [3.8, 4) is 0 Å². The van der Waals surface area contributed by atoms with Crippen LogP contribution in [0, 0.1) is 0 Å². The van der Waals surface area contributed by atoms with Gasteiger partial charge in [-0.2, -0.15) is 0 Å². The number of carbonyl (C=O) groups is 2. The molecule has 0 bridgehead atoms. The highest BCUT2D eigenvalue weighted by Gasteiger charge is 2.56. The number of nitrogens with one attached hydrogen (secondary N) is 2. The van der Waals surface area contributed by atoms with Crippen LogP contribution in [-0.2, 0) is 42.7 Å². The molecule has 0 aliphatic carbocycles. The van der Waals surface area contributed by atoms with Gasteiger partial charge in [-0.15, -0.1) is 0 Å². The summed E-state index contributed by atoms with van der Waals surface area (Å²) in [5, 5.41) is 119. The molecule has 0 radical (unpaired) electrons. The van der Waals surface area contributed by atoms with Crippen LogP contribution in [0.4, 0.5) is 0 Å². The smallest absolute Gasteiger partial charge is 0.217 e.